The Morgan fingerprint density at radius 2 is 2.14 bits per heavy atom. The van der Waals surface area contributed by atoms with Crippen LogP contribution in [0.3, 0.4) is 0 Å². The molecule has 0 amide bonds. The summed E-state index contributed by atoms with van der Waals surface area (Å²) in [4.78, 5) is 10.8. The molecular formula is C11H9N3. The fourth-order valence-corrected chi connectivity index (χ4v) is 1.70. The molecule has 2 heterocycles. The molecule has 0 spiro atoms. The van der Waals surface area contributed by atoms with Gasteiger partial charge in [0.15, 0.2) is 5.84 Å². The zero-order valence-electron chi connectivity index (χ0n) is 7.59. The zero-order chi connectivity index (χ0) is 9.38. The van der Waals surface area contributed by atoms with Crippen molar-refractivity contribution in [1.82, 2.24) is 0 Å². The number of hydrogen-bond acceptors (Lipinski definition) is 3. The highest BCUT2D eigenvalue weighted by atomic mass is 15.2. The van der Waals surface area contributed by atoms with Gasteiger partial charge in [0.05, 0.1) is 17.6 Å². The number of benzene rings is 1. The molecule has 3 nitrogen and oxygen atoms in total. The topological polar surface area (TPSA) is 28.0 Å². The maximum atomic E-state index is 4.35. The summed E-state index contributed by atoms with van der Waals surface area (Å²) in [5, 5.41) is 0. The fraction of sp³-hybridized carbons (Fsp3) is 0.0909. The Labute approximate surface area is 82.1 Å². The molecule has 2 aliphatic heterocycles. The molecule has 1 aromatic rings. The lowest BCUT2D eigenvalue weighted by atomic mass is 10.2. The first-order valence-electron chi connectivity index (χ1n) is 4.58. The second-order valence-electron chi connectivity index (χ2n) is 3.23. The second kappa shape index (κ2) is 2.80. The van der Waals surface area contributed by atoms with Crippen LogP contribution in [-0.4, -0.2) is 18.6 Å². The lowest BCUT2D eigenvalue weighted by molar-refractivity contribution is 1.10. The van der Waals surface area contributed by atoms with Crippen LogP contribution in [0, 0.1) is 0 Å². The van der Waals surface area contributed by atoms with Crippen molar-refractivity contribution in [3.05, 3.63) is 36.5 Å². The SMILES string of the molecule is C1=CN=C2C=Nc3ccccc3N2C1. The summed E-state index contributed by atoms with van der Waals surface area (Å²) in [5.74, 6) is 0.922. The van der Waals surface area contributed by atoms with Crippen LogP contribution in [0.25, 0.3) is 0 Å². The first kappa shape index (κ1) is 7.50. The largest absolute Gasteiger partial charge is 0.319 e. The third-order valence-electron chi connectivity index (χ3n) is 2.37. The Bertz CT molecular complexity index is 457. The van der Waals surface area contributed by atoms with Crippen LogP contribution in [0.15, 0.2) is 46.5 Å². The van der Waals surface area contributed by atoms with Gasteiger partial charge < -0.3 is 4.90 Å². The molecular weight excluding hydrogens is 174 g/mol. The Morgan fingerprint density at radius 3 is 3.14 bits per heavy atom. The van der Waals surface area contributed by atoms with E-state index in [2.05, 4.69) is 21.0 Å². The van der Waals surface area contributed by atoms with Gasteiger partial charge in [0.25, 0.3) is 0 Å². The number of rotatable bonds is 0. The highest BCUT2D eigenvalue weighted by Gasteiger charge is 2.19. The zero-order valence-corrected chi connectivity index (χ0v) is 7.59. The number of nitrogens with zero attached hydrogens (tertiary/aromatic N) is 3. The molecule has 1 aromatic carbocycles. The highest BCUT2D eigenvalue weighted by molar-refractivity contribution is 6.38. The van der Waals surface area contributed by atoms with Crippen molar-refractivity contribution in [2.75, 3.05) is 11.4 Å². The van der Waals surface area contributed by atoms with E-state index in [-0.39, 0.29) is 0 Å². The fourth-order valence-electron chi connectivity index (χ4n) is 1.70. The molecule has 0 radical (unpaired) electrons. The van der Waals surface area contributed by atoms with Gasteiger partial charge in [-0.1, -0.05) is 12.1 Å². The second-order valence-corrected chi connectivity index (χ2v) is 3.23. The average Bonchev–Trinajstić information content (AvgIpc) is 2.29. The number of para-hydroxylation sites is 2. The molecule has 3 heteroatoms. The van der Waals surface area contributed by atoms with Gasteiger partial charge in [-0.15, -0.1) is 0 Å². The number of anilines is 1. The van der Waals surface area contributed by atoms with Crippen LogP contribution in [0.2, 0.25) is 0 Å². The van der Waals surface area contributed by atoms with E-state index in [1.165, 1.54) is 0 Å². The average molecular weight is 183 g/mol. The van der Waals surface area contributed by atoms with Gasteiger partial charge in [0.1, 0.15) is 0 Å². The predicted octanol–water partition coefficient (Wildman–Crippen LogP) is 2.13. The molecule has 14 heavy (non-hydrogen) atoms. The van der Waals surface area contributed by atoms with Gasteiger partial charge in [0, 0.05) is 12.7 Å². The maximum Gasteiger partial charge on any atom is 0.151 e. The summed E-state index contributed by atoms with van der Waals surface area (Å²) in [6.07, 6.45) is 5.68. The molecule has 0 saturated heterocycles. The minimum atomic E-state index is 0.877. The minimum absolute atomic E-state index is 0.877. The Hall–Kier alpha value is -1.90. The summed E-state index contributed by atoms with van der Waals surface area (Å²) in [6, 6.07) is 8.11. The third-order valence-corrected chi connectivity index (χ3v) is 2.37. The van der Waals surface area contributed by atoms with Crippen molar-refractivity contribution in [2.45, 2.75) is 0 Å². The molecule has 2 aliphatic rings. The molecule has 0 unspecified atom stereocenters. The van der Waals surface area contributed by atoms with E-state index < -0.39 is 0 Å². The van der Waals surface area contributed by atoms with Crippen molar-refractivity contribution in [2.24, 2.45) is 9.98 Å². The first-order chi connectivity index (χ1) is 6.95. The predicted molar refractivity (Wildman–Crippen MR) is 58.5 cm³/mol. The third kappa shape index (κ3) is 0.988. The Morgan fingerprint density at radius 1 is 1.21 bits per heavy atom. The van der Waals surface area contributed by atoms with Crippen LogP contribution in [0.4, 0.5) is 11.4 Å². The van der Waals surface area contributed by atoms with E-state index in [0.29, 0.717) is 0 Å². The number of aliphatic imine (C=N–C) groups is 2. The number of fused-ring (bicyclic) bond motifs is 3. The summed E-state index contributed by atoms with van der Waals surface area (Å²) in [7, 11) is 0. The molecule has 0 atom stereocenters. The first-order valence-corrected chi connectivity index (χ1v) is 4.58. The van der Waals surface area contributed by atoms with Gasteiger partial charge in [-0.3, -0.25) is 4.99 Å². The van der Waals surface area contributed by atoms with E-state index in [1.54, 1.807) is 0 Å². The quantitative estimate of drug-likeness (QED) is 0.605. The van der Waals surface area contributed by atoms with E-state index in [1.807, 2.05) is 36.7 Å². The summed E-state index contributed by atoms with van der Waals surface area (Å²) in [5.41, 5.74) is 2.15. The standard InChI is InChI=1S/C11H9N3/c1-2-5-10-9(4-1)13-8-11-12-6-3-7-14(10)11/h1-6,8H,7H2. The lowest BCUT2D eigenvalue weighted by Gasteiger charge is -2.28. The molecule has 0 aliphatic carbocycles. The van der Waals surface area contributed by atoms with Gasteiger partial charge in [-0.05, 0) is 18.2 Å². The molecule has 0 saturated carbocycles. The lowest BCUT2D eigenvalue weighted by Crippen LogP contribution is -2.35. The van der Waals surface area contributed by atoms with Gasteiger partial charge in [0.2, 0.25) is 0 Å². The van der Waals surface area contributed by atoms with Crippen LogP contribution in [0.5, 0.6) is 0 Å². The van der Waals surface area contributed by atoms with Gasteiger partial charge in [-0.25, -0.2) is 4.99 Å². The van der Waals surface area contributed by atoms with E-state index in [4.69, 9.17) is 0 Å². The number of hydrogen-bond donors (Lipinski definition) is 0. The summed E-state index contributed by atoms with van der Waals surface area (Å²) < 4.78 is 0. The van der Waals surface area contributed by atoms with Gasteiger partial charge >= 0.3 is 0 Å². The van der Waals surface area contributed by atoms with Crippen molar-refractivity contribution in [3.63, 3.8) is 0 Å². The summed E-state index contributed by atoms with van der Waals surface area (Å²) in [6.45, 7) is 0.877. The molecule has 3 rings (SSSR count). The Kier molecular flexibility index (Phi) is 1.50. The minimum Gasteiger partial charge on any atom is -0.319 e. The van der Waals surface area contributed by atoms with Crippen LogP contribution in [0.1, 0.15) is 0 Å². The van der Waals surface area contributed by atoms with Crippen molar-refractivity contribution in [1.29, 1.82) is 0 Å². The van der Waals surface area contributed by atoms with Crippen LogP contribution in [-0.2, 0) is 0 Å². The van der Waals surface area contributed by atoms with Gasteiger partial charge in [-0.2, -0.15) is 0 Å². The maximum absolute atomic E-state index is 4.35. The van der Waals surface area contributed by atoms with Crippen LogP contribution >= 0.6 is 0 Å². The number of amidine groups is 1. The van der Waals surface area contributed by atoms with Crippen molar-refractivity contribution >= 4 is 23.4 Å². The van der Waals surface area contributed by atoms with Crippen molar-refractivity contribution in [3.8, 4) is 0 Å². The molecule has 0 bridgehead atoms. The Balaban J connectivity index is 2.18. The van der Waals surface area contributed by atoms with Crippen LogP contribution < -0.4 is 4.90 Å². The van der Waals surface area contributed by atoms with E-state index in [9.17, 15) is 0 Å². The molecule has 0 aromatic heterocycles. The molecule has 0 N–H and O–H groups in total. The molecule has 68 valence electrons. The summed E-state index contributed by atoms with van der Waals surface area (Å²) >= 11 is 0. The normalized spacial score (nSPS) is 17.4. The molecule has 0 fully saturated rings. The smallest absolute Gasteiger partial charge is 0.151 e. The monoisotopic (exact) mass is 183 g/mol. The van der Waals surface area contributed by atoms with Crippen molar-refractivity contribution < 1.29 is 0 Å². The highest BCUT2D eigenvalue weighted by Crippen LogP contribution is 2.31. The van der Waals surface area contributed by atoms with E-state index in [0.717, 1.165) is 23.8 Å². The van der Waals surface area contributed by atoms with E-state index >= 15 is 0 Å².